The fraction of sp³-hybridized carbons (Fsp3) is 0.673. The number of ether oxygens (including phenoxy) is 3. The number of amides is 4. The third-order valence-corrected chi connectivity index (χ3v) is 37.5. The second kappa shape index (κ2) is 69.0. The van der Waals surface area contributed by atoms with Gasteiger partial charge in [-0.1, -0.05) is 271 Å². The summed E-state index contributed by atoms with van der Waals surface area (Å²) in [5.41, 5.74) is 5.55. The normalized spacial score (nSPS) is 16.7. The van der Waals surface area contributed by atoms with Gasteiger partial charge in [-0.2, -0.15) is 0 Å². The maximum absolute atomic E-state index is 12.5. The summed E-state index contributed by atoms with van der Waals surface area (Å²) >= 11 is 19.9. The van der Waals surface area contributed by atoms with Gasteiger partial charge in [0, 0.05) is 58.0 Å². The minimum atomic E-state index is -1.92. The van der Waals surface area contributed by atoms with Crippen LogP contribution >= 0.6 is 71.0 Å². The Morgan fingerprint density at radius 1 is 0.422 bits per heavy atom. The van der Waals surface area contributed by atoms with Crippen LogP contribution < -0.4 is 20.9 Å². The highest BCUT2D eigenvalue weighted by Gasteiger charge is 2.43. The van der Waals surface area contributed by atoms with E-state index in [0.29, 0.717) is 71.2 Å². The first-order valence-corrected chi connectivity index (χ1v) is 58.0. The summed E-state index contributed by atoms with van der Waals surface area (Å²) in [6.45, 7) is 53.7. The highest BCUT2D eigenvalue weighted by atomic mass is 79.9. The van der Waals surface area contributed by atoms with E-state index in [1.807, 2.05) is 36.4 Å². The number of aliphatic hydroxyl groups excluding tert-OH is 3. The number of rotatable bonds is 34. The van der Waals surface area contributed by atoms with Crippen molar-refractivity contribution in [1.29, 1.82) is 0 Å². The van der Waals surface area contributed by atoms with Crippen LogP contribution in [0.5, 0.6) is 0 Å². The van der Waals surface area contributed by atoms with Crippen LogP contribution in [-0.2, 0) is 65.8 Å². The molecule has 0 unspecified atom stereocenters. The summed E-state index contributed by atoms with van der Waals surface area (Å²) in [5.74, 6) is -2.23. The van der Waals surface area contributed by atoms with E-state index in [0.717, 1.165) is 68.8 Å². The number of unbranched alkanes of at least 4 members (excludes halogenated alkanes) is 8. The van der Waals surface area contributed by atoms with Gasteiger partial charge in [0.2, 0.25) is 23.6 Å². The van der Waals surface area contributed by atoms with Gasteiger partial charge < -0.3 is 63.9 Å². The smallest absolute Gasteiger partial charge is 0.329 e. The lowest BCUT2D eigenvalue weighted by molar-refractivity contribution is -0.146. The number of carboxylic acid groups (broad SMARTS) is 1. The van der Waals surface area contributed by atoms with E-state index in [1.165, 1.54) is 75.3 Å². The summed E-state index contributed by atoms with van der Waals surface area (Å²) in [4.78, 5) is 90.1. The van der Waals surface area contributed by atoms with Crippen LogP contribution in [0.2, 0.25) is 54.4 Å². The maximum atomic E-state index is 12.5. The van der Waals surface area contributed by atoms with Gasteiger partial charge in [0.1, 0.15) is 24.2 Å². The number of esters is 3. The molecule has 0 spiro atoms. The summed E-state index contributed by atoms with van der Waals surface area (Å²) < 4.78 is 38.1. The molecule has 0 aliphatic carbocycles. The van der Waals surface area contributed by atoms with Crippen molar-refractivity contribution in [2.75, 3.05) is 43.3 Å². The van der Waals surface area contributed by atoms with Crippen molar-refractivity contribution in [3.05, 3.63) is 133 Å². The lowest BCUT2D eigenvalue weighted by Gasteiger charge is -2.39. The first-order valence-electron chi connectivity index (χ1n) is 45.9. The van der Waals surface area contributed by atoms with Gasteiger partial charge in [-0.25, -0.2) is 19.2 Å². The Hall–Kier alpha value is -4.93. The Morgan fingerprint density at radius 2 is 0.680 bits per heavy atom. The Kier molecular flexibility index (Phi) is 68.5. The molecule has 4 aromatic carbocycles. The van der Waals surface area contributed by atoms with Crippen molar-refractivity contribution < 1.29 is 86.3 Å². The topological polar surface area (TPSA) is 312 Å². The van der Waals surface area contributed by atoms with E-state index in [4.69, 9.17) is 66.0 Å². The van der Waals surface area contributed by atoms with E-state index in [1.54, 1.807) is 39.5 Å². The van der Waals surface area contributed by atoms with Crippen molar-refractivity contribution in [2.24, 2.45) is 0 Å². The van der Waals surface area contributed by atoms with E-state index < -0.39 is 55.1 Å². The van der Waals surface area contributed by atoms with Crippen molar-refractivity contribution in [1.82, 2.24) is 16.0 Å². The minimum Gasteiger partial charge on any atom is -0.480 e. The van der Waals surface area contributed by atoms with Crippen LogP contribution in [-0.4, -0.2) is 155 Å². The summed E-state index contributed by atoms with van der Waals surface area (Å²) in [6.07, 6.45) is 22.6. The fourth-order valence-electron chi connectivity index (χ4n) is 12.2. The van der Waals surface area contributed by atoms with Crippen molar-refractivity contribution in [3.63, 3.8) is 0 Å². The quantitative estimate of drug-likeness (QED) is 0.00751. The number of carbonyl (C=O) groups excluding carboxylic acids is 7. The zero-order chi connectivity index (χ0) is 97.3. The van der Waals surface area contributed by atoms with Crippen molar-refractivity contribution in [2.45, 2.75) is 389 Å². The number of benzene rings is 4. The molecule has 0 aromatic heterocycles. The molecule has 4 heterocycles. The number of hydrogen-bond donors (Lipinski definition) is 7. The second-order valence-electron chi connectivity index (χ2n) is 36.0. The van der Waals surface area contributed by atoms with Crippen LogP contribution in [0.3, 0.4) is 0 Å². The molecule has 30 heteroatoms. The van der Waals surface area contributed by atoms with Gasteiger partial charge >= 0.3 is 23.9 Å². The van der Waals surface area contributed by atoms with E-state index in [9.17, 15) is 43.5 Å². The van der Waals surface area contributed by atoms with E-state index in [-0.39, 0.29) is 107 Å². The standard InChI is InChI=1S/C25H41NO4Si.2C18H31BrOSi.C12H17BrO.2C7H11NO3.C5H7NO3.2C2H6O.CH2Cl2.CH4/c1-8-10-11-12-22(30-31(6,7)25(3,4)5)19-13-15-20(16-14-19)26-21(17-18-23(26)27)24(28)29-9-2;2*1-7-8-9-10-17(15-11-13-16(19)14-12-15)20-21(5,6)18(2,3)4;1-2-3-4-5-12(14)10-6-8-11(13)9-7-10;2*1-2-11-7(10)5-3-4-6(9)8-5;7-4-2-1-3(6-4)5(8)9;2*1-2-3;2-1-3;/h13-16,21-22H,8-12,17-18H2,1-7H3;2*11-14,17H,7-10H2,1-6H3;6-9,12,14H,2-5H2,1H3;2*5H,2-4H2,1H3,(H,8,9);3H,1-2H2,(H,6,7)(H,8,9);2*3H,2H2,1H3;1H2;1H4/t21-,22+;2*17-;12-;2*5-;3-;;;;/m1000111..../s1. The SMILES string of the molecule is C.CCCCC[C@H](O)c1ccc(Br)cc1.CCCCC[C@H](O[Si](C)(C)C(C)(C)C)c1ccc(Br)cc1.CCCCC[C@H](O[Si](C)(C)C(C)(C)C)c1ccc(Br)cc1.CCCCC[C@H](O[Si](C)(C)C(C)(C)C)c1ccc(N2C(=O)CC[C@@H]2C(=O)OCC)cc1.CCO.CCO.CCOC(=O)[C@H]1CCC(=O)N1.CCOC(=O)[C@H]1CCC(=O)N1.ClCCl.O=C1CC[C@H](C(=O)O)N1. The number of aliphatic hydroxyl groups is 3. The number of carbonyl (C=O) groups is 8. The van der Waals surface area contributed by atoms with Crippen LogP contribution in [0.1, 0.15) is 333 Å². The predicted molar refractivity (Wildman–Crippen MR) is 544 cm³/mol. The molecule has 22 nitrogen and oxygen atoms in total. The number of carboxylic acids is 1. The van der Waals surface area contributed by atoms with Crippen LogP contribution in [0.4, 0.5) is 5.69 Å². The number of hydrogen-bond acceptors (Lipinski definition) is 17. The summed E-state index contributed by atoms with van der Waals surface area (Å²) in [5, 5.41) is 41.5. The molecule has 4 aliphatic rings. The molecule has 734 valence electrons. The third kappa shape index (κ3) is 52.7. The van der Waals surface area contributed by atoms with Gasteiger partial charge in [0.05, 0.1) is 49.6 Å². The molecule has 128 heavy (non-hydrogen) atoms. The monoisotopic (exact) mass is 2080 g/mol. The number of anilines is 1. The Bertz CT molecular complexity index is 3560. The minimum absolute atomic E-state index is 0. The number of aliphatic carboxylic acids is 1. The summed E-state index contributed by atoms with van der Waals surface area (Å²) in [6, 6.07) is 31.2. The Morgan fingerprint density at radius 3 is 0.922 bits per heavy atom. The lowest BCUT2D eigenvalue weighted by Crippen LogP contribution is -2.42. The van der Waals surface area contributed by atoms with Gasteiger partial charge in [-0.3, -0.25) is 24.1 Å². The fourth-order valence-corrected chi connectivity index (χ4v) is 16.9. The second-order valence-corrected chi connectivity index (χ2v) is 53.8. The zero-order valence-electron chi connectivity index (χ0n) is 81.4. The highest BCUT2D eigenvalue weighted by molar-refractivity contribution is 9.11. The van der Waals surface area contributed by atoms with Crippen LogP contribution in [0, 0.1) is 0 Å². The zero-order valence-corrected chi connectivity index (χ0v) is 90.7. The number of alkyl halides is 2. The molecule has 0 bridgehead atoms. The first-order chi connectivity index (χ1) is 59.5. The van der Waals surface area contributed by atoms with Gasteiger partial charge in [0.15, 0.2) is 25.0 Å². The van der Waals surface area contributed by atoms with Gasteiger partial charge in [0.25, 0.3) is 0 Å². The number of nitrogens with one attached hydrogen (secondary N) is 3. The highest BCUT2D eigenvalue weighted by Crippen LogP contribution is 2.45. The first kappa shape index (κ1) is 127. The lowest BCUT2D eigenvalue weighted by atomic mass is 10.0. The maximum Gasteiger partial charge on any atom is 0.329 e. The third-order valence-electron chi connectivity index (χ3n) is 22.5. The Balaban J connectivity index is -0.00000145. The van der Waals surface area contributed by atoms with Crippen LogP contribution in [0.25, 0.3) is 0 Å². The molecule has 4 fully saturated rings. The number of nitrogens with zero attached hydrogens (tertiary/aromatic N) is 1. The molecule has 0 saturated carbocycles. The van der Waals surface area contributed by atoms with Crippen molar-refractivity contribution in [3.8, 4) is 0 Å². The molecule has 4 amide bonds. The molecule has 0 radical (unpaired) electrons. The van der Waals surface area contributed by atoms with Gasteiger partial charge in [-0.15, -0.1) is 23.2 Å². The largest absolute Gasteiger partial charge is 0.480 e. The molecular formula is C98H167Br3Cl2N4O18Si3. The number of halogens is 5. The molecular weight excluding hydrogens is 1920 g/mol. The molecule has 4 aromatic rings. The average Bonchev–Trinajstić information content (AvgIpc) is 1.19. The van der Waals surface area contributed by atoms with Crippen LogP contribution in [0.15, 0.2) is 110 Å². The molecule has 8 atom stereocenters. The van der Waals surface area contributed by atoms with E-state index in [2.05, 4.69) is 254 Å². The summed E-state index contributed by atoms with van der Waals surface area (Å²) in [7, 11) is -5.39. The Labute approximate surface area is 810 Å². The average molecular weight is 2080 g/mol. The van der Waals surface area contributed by atoms with Gasteiger partial charge in [-0.05, 0) is 211 Å². The molecule has 4 aliphatic heterocycles. The van der Waals surface area contributed by atoms with E-state index >= 15 is 0 Å². The van der Waals surface area contributed by atoms with Crippen molar-refractivity contribution >= 4 is 149 Å². The molecule has 7 N–H and O–H groups in total. The molecule has 8 rings (SSSR count). The predicted octanol–water partition coefficient (Wildman–Crippen LogP) is 25.7. The molecule has 4 saturated heterocycles.